The second-order valence-corrected chi connectivity index (χ2v) is 5.66. The summed E-state index contributed by atoms with van der Waals surface area (Å²) in [5, 5.41) is 3.66. The minimum Gasteiger partial charge on any atom is -0.382 e. The number of rotatable bonds is 4. The number of aryl methyl sites for hydroxylation is 1. The van der Waals surface area contributed by atoms with E-state index in [1.165, 1.54) is 16.9 Å². The zero-order chi connectivity index (χ0) is 13.8. The molecule has 0 radical (unpaired) electrons. The third-order valence-electron chi connectivity index (χ3n) is 3.88. The molecule has 2 atom stereocenters. The van der Waals surface area contributed by atoms with E-state index in [0.29, 0.717) is 12.1 Å². The van der Waals surface area contributed by atoms with Crippen LogP contribution >= 0.6 is 0 Å². The van der Waals surface area contributed by atoms with Gasteiger partial charge in [-0.3, -0.25) is 0 Å². The smallest absolute Gasteiger partial charge is 0.0592 e. The molecule has 0 bridgehead atoms. The summed E-state index contributed by atoms with van der Waals surface area (Å²) in [6.45, 7) is 5.23. The van der Waals surface area contributed by atoms with Gasteiger partial charge in [-0.2, -0.15) is 0 Å². The molecule has 0 saturated carbocycles. The molecule has 106 valence electrons. The summed E-state index contributed by atoms with van der Waals surface area (Å²) in [5.41, 5.74) is 3.81. The highest BCUT2D eigenvalue weighted by atomic mass is 16.5. The van der Waals surface area contributed by atoms with E-state index in [4.69, 9.17) is 4.74 Å². The van der Waals surface area contributed by atoms with Gasteiger partial charge in [0.15, 0.2) is 0 Å². The standard InChI is InChI=1S/C16H26N2O/c1-5-15-10-14(8-9-19-15)17-13-7-6-12(2)16(11-13)18(3)4/h6-7,11,14-15,17H,5,8-10H2,1-4H3. The Hall–Kier alpha value is -1.22. The Morgan fingerprint density at radius 3 is 2.84 bits per heavy atom. The van der Waals surface area contributed by atoms with Crippen molar-refractivity contribution in [2.75, 3.05) is 30.9 Å². The molecule has 2 rings (SSSR count). The largest absolute Gasteiger partial charge is 0.382 e. The van der Waals surface area contributed by atoms with Gasteiger partial charge in [0.05, 0.1) is 6.10 Å². The summed E-state index contributed by atoms with van der Waals surface area (Å²) in [6.07, 6.45) is 3.74. The van der Waals surface area contributed by atoms with Crippen molar-refractivity contribution in [1.82, 2.24) is 0 Å². The predicted molar refractivity (Wildman–Crippen MR) is 82.2 cm³/mol. The van der Waals surface area contributed by atoms with Crippen LogP contribution in [0.1, 0.15) is 31.7 Å². The Morgan fingerprint density at radius 1 is 1.37 bits per heavy atom. The molecule has 1 aliphatic rings. The first-order valence-corrected chi connectivity index (χ1v) is 7.26. The normalized spacial score (nSPS) is 23.2. The van der Waals surface area contributed by atoms with Gasteiger partial charge in [0.25, 0.3) is 0 Å². The molecule has 1 heterocycles. The SMILES string of the molecule is CCC1CC(Nc2ccc(C)c(N(C)C)c2)CCO1. The average molecular weight is 262 g/mol. The number of anilines is 2. The van der Waals surface area contributed by atoms with E-state index in [2.05, 4.69) is 56.4 Å². The van der Waals surface area contributed by atoms with E-state index in [9.17, 15) is 0 Å². The fourth-order valence-corrected chi connectivity index (χ4v) is 2.71. The van der Waals surface area contributed by atoms with Crippen LogP contribution in [0.3, 0.4) is 0 Å². The lowest BCUT2D eigenvalue weighted by Gasteiger charge is -2.30. The summed E-state index contributed by atoms with van der Waals surface area (Å²) in [7, 11) is 4.18. The average Bonchev–Trinajstić information content (AvgIpc) is 2.41. The molecule has 2 unspecified atom stereocenters. The van der Waals surface area contributed by atoms with E-state index in [-0.39, 0.29) is 0 Å². The molecule has 1 fully saturated rings. The van der Waals surface area contributed by atoms with Crippen LogP contribution < -0.4 is 10.2 Å². The predicted octanol–water partition coefficient (Wildman–Crippen LogP) is 3.43. The first kappa shape index (κ1) is 14.2. The Labute approximate surface area is 116 Å². The van der Waals surface area contributed by atoms with Gasteiger partial charge in [0.2, 0.25) is 0 Å². The summed E-state index contributed by atoms with van der Waals surface area (Å²) < 4.78 is 5.73. The van der Waals surface area contributed by atoms with Crippen LogP contribution in [0.4, 0.5) is 11.4 Å². The molecule has 0 amide bonds. The van der Waals surface area contributed by atoms with Crippen molar-refractivity contribution in [3.05, 3.63) is 23.8 Å². The highest BCUT2D eigenvalue weighted by molar-refractivity contribution is 5.62. The van der Waals surface area contributed by atoms with Crippen molar-refractivity contribution in [3.8, 4) is 0 Å². The molecular formula is C16H26N2O. The van der Waals surface area contributed by atoms with Gasteiger partial charge in [-0.15, -0.1) is 0 Å². The molecule has 1 aliphatic heterocycles. The first-order valence-electron chi connectivity index (χ1n) is 7.26. The Kier molecular flexibility index (Phi) is 4.70. The third kappa shape index (κ3) is 3.63. The lowest BCUT2D eigenvalue weighted by Crippen LogP contribution is -2.33. The Morgan fingerprint density at radius 2 is 2.16 bits per heavy atom. The van der Waals surface area contributed by atoms with Gasteiger partial charge in [0.1, 0.15) is 0 Å². The summed E-state index contributed by atoms with van der Waals surface area (Å²) in [6, 6.07) is 7.15. The van der Waals surface area contributed by atoms with Crippen molar-refractivity contribution < 1.29 is 4.74 Å². The van der Waals surface area contributed by atoms with Gasteiger partial charge >= 0.3 is 0 Å². The lowest BCUT2D eigenvalue weighted by atomic mass is 10.0. The van der Waals surface area contributed by atoms with Gasteiger partial charge in [-0.25, -0.2) is 0 Å². The van der Waals surface area contributed by atoms with Crippen LogP contribution in [0, 0.1) is 6.92 Å². The van der Waals surface area contributed by atoms with E-state index in [1.54, 1.807) is 0 Å². The van der Waals surface area contributed by atoms with Crippen LogP contribution in [0.5, 0.6) is 0 Å². The maximum absolute atomic E-state index is 5.73. The van der Waals surface area contributed by atoms with E-state index in [0.717, 1.165) is 25.9 Å². The maximum atomic E-state index is 5.73. The summed E-state index contributed by atoms with van der Waals surface area (Å²) in [5.74, 6) is 0. The van der Waals surface area contributed by atoms with Crippen molar-refractivity contribution >= 4 is 11.4 Å². The van der Waals surface area contributed by atoms with Crippen LogP contribution in [-0.2, 0) is 4.74 Å². The number of hydrogen-bond acceptors (Lipinski definition) is 3. The molecule has 1 aromatic carbocycles. The molecule has 19 heavy (non-hydrogen) atoms. The second-order valence-electron chi connectivity index (χ2n) is 5.66. The molecule has 1 saturated heterocycles. The zero-order valence-electron chi connectivity index (χ0n) is 12.6. The summed E-state index contributed by atoms with van der Waals surface area (Å²) in [4.78, 5) is 2.17. The lowest BCUT2D eigenvalue weighted by molar-refractivity contribution is 0.00926. The monoisotopic (exact) mass is 262 g/mol. The quantitative estimate of drug-likeness (QED) is 0.899. The van der Waals surface area contributed by atoms with E-state index >= 15 is 0 Å². The van der Waals surface area contributed by atoms with Crippen LogP contribution in [-0.4, -0.2) is 32.8 Å². The molecule has 3 nitrogen and oxygen atoms in total. The van der Waals surface area contributed by atoms with Crippen LogP contribution in [0.2, 0.25) is 0 Å². The molecule has 0 aromatic heterocycles. The highest BCUT2D eigenvalue weighted by Crippen LogP contribution is 2.25. The fraction of sp³-hybridized carbons (Fsp3) is 0.625. The molecule has 3 heteroatoms. The topological polar surface area (TPSA) is 24.5 Å². The first-order chi connectivity index (χ1) is 9.10. The third-order valence-corrected chi connectivity index (χ3v) is 3.88. The number of nitrogens with zero attached hydrogens (tertiary/aromatic N) is 1. The van der Waals surface area contributed by atoms with Crippen LogP contribution in [0.25, 0.3) is 0 Å². The highest BCUT2D eigenvalue weighted by Gasteiger charge is 2.21. The van der Waals surface area contributed by atoms with E-state index < -0.39 is 0 Å². The van der Waals surface area contributed by atoms with Crippen LogP contribution in [0.15, 0.2) is 18.2 Å². The number of ether oxygens (including phenoxy) is 1. The number of hydrogen-bond donors (Lipinski definition) is 1. The molecule has 0 aliphatic carbocycles. The second kappa shape index (κ2) is 6.29. The minimum absolute atomic E-state index is 0.421. The van der Waals surface area contributed by atoms with Crippen molar-refractivity contribution in [1.29, 1.82) is 0 Å². The summed E-state index contributed by atoms with van der Waals surface area (Å²) >= 11 is 0. The van der Waals surface area contributed by atoms with Gasteiger partial charge < -0.3 is 15.0 Å². The maximum Gasteiger partial charge on any atom is 0.0592 e. The van der Waals surface area contributed by atoms with Gasteiger partial charge in [-0.05, 0) is 43.9 Å². The zero-order valence-corrected chi connectivity index (χ0v) is 12.6. The van der Waals surface area contributed by atoms with Gasteiger partial charge in [-0.1, -0.05) is 13.0 Å². The molecule has 1 N–H and O–H groups in total. The molecular weight excluding hydrogens is 236 g/mol. The molecule has 0 spiro atoms. The van der Waals surface area contributed by atoms with E-state index in [1.807, 2.05) is 0 Å². The Bertz CT molecular complexity index is 417. The fourth-order valence-electron chi connectivity index (χ4n) is 2.71. The Balaban J connectivity index is 2.04. The molecule has 1 aromatic rings. The number of nitrogens with one attached hydrogen (secondary N) is 1. The van der Waals surface area contributed by atoms with Gasteiger partial charge in [0, 0.05) is 38.1 Å². The minimum atomic E-state index is 0.421. The van der Waals surface area contributed by atoms with Crippen molar-refractivity contribution in [3.63, 3.8) is 0 Å². The van der Waals surface area contributed by atoms with Crippen molar-refractivity contribution in [2.24, 2.45) is 0 Å². The van der Waals surface area contributed by atoms with Crippen molar-refractivity contribution in [2.45, 2.75) is 45.3 Å². The number of benzene rings is 1.